The molecule has 0 unspecified atom stereocenters. The Hall–Kier alpha value is -0.770. The SMILES string of the molecule is CNCCCCCC1CCC(N(C)C(=O)O)CC1. The molecule has 0 spiro atoms. The summed E-state index contributed by atoms with van der Waals surface area (Å²) in [4.78, 5) is 12.4. The van der Waals surface area contributed by atoms with Crippen LogP contribution >= 0.6 is 0 Å². The van der Waals surface area contributed by atoms with Crippen molar-refractivity contribution in [1.29, 1.82) is 0 Å². The number of unbranched alkanes of at least 4 members (excludes halogenated alkanes) is 2. The first-order chi connectivity index (χ1) is 8.65. The Morgan fingerprint density at radius 2 is 1.89 bits per heavy atom. The zero-order chi connectivity index (χ0) is 13.4. The van der Waals surface area contributed by atoms with Crippen molar-refractivity contribution in [3.05, 3.63) is 0 Å². The molecule has 1 saturated carbocycles. The molecule has 2 N–H and O–H groups in total. The largest absolute Gasteiger partial charge is 0.465 e. The predicted octanol–water partition coefficient (Wildman–Crippen LogP) is 2.93. The van der Waals surface area contributed by atoms with Crippen LogP contribution in [0.3, 0.4) is 0 Å². The summed E-state index contributed by atoms with van der Waals surface area (Å²) in [6, 6.07) is 0.253. The third-order valence-corrected chi connectivity index (χ3v) is 4.20. The van der Waals surface area contributed by atoms with Crippen LogP contribution in [0, 0.1) is 5.92 Å². The fraction of sp³-hybridized carbons (Fsp3) is 0.929. The van der Waals surface area contributed by atoms with E-state index in [1.54, 1.807) is 7.05 Å². The van der Waals surface area contributed by atoms with E-state index in [4.69, 9.17) is 5.11 Å². The Labute approximate surface area is 111 Å². The molecule has 0 aromatic rings. The highest BCUT2D eigenvalue weighted by molar-refractivity contribution is 5.64. The van der Waals surface area contributed by atoms with Gasteiger partial charge in [0.1, 0.15) is 0 Å². The maximum absolute atomic E-state index is 10.9. The van der Waals surface area contributed by atoms with Crippen LogP contribution in [0.5, 0.6) is 0 Å². The second-order valence-corrected chi connectivity index (χ2v) is 5.52. The minimum Gasteiger partial charge on any atom is -0.465 e. The topological polar surface area (TPSA) is 52.6 Å². The molecular formula is C14H28N2O2. The average Bonchev–Trinajstić information content (AvgIpc) is 2.38. The van der Waals surface area contributed by atoms with Gasteiger partial charge in [0.2, 0.25) is 0 Å². The Balaban J connectivity index is 2.10. The predicted molar refractivity (Wildman–Crippen MR) is 73.9 cm³/mol. The zero-order valence-corrected chi connectivity index (χ0v) is 11.8. The van der Waals surface area contributed by atoms with Crippen molar-refractivity contribution in [3.8, 4) is 0 Å². The van der Waals surface area contributed by atoms with Crippen molar-refractivity contribution in [1.82, 2.24) is 10.2 Å². The van der Waals surface area contributed by atoms with Gasteiger partial charge in [0.15, 0.2) is 0 Å². The summed E-state index contributed by atoms with van der Waals surface area (Å²) in [5.41, 5.74) is 0. The van der Waals surface area contributed by atoms with Gasteiger partial charge in [-0.25, -0.2) is 4.79 Å². The molecular weight excluding hydrogens is 228 g/mol. The number of hydrogen-bond donors (Lipinski definition) is 2. The van der Waals surface area contributed by atoms with Gasteiger partial charge in [0, 0.05) is 13.1 Å². The quantitative estimate of drug-likeness (QED) is 0.689. The fourth-order valence-corrected chi connectivity index (χ4v) is 2.89. The van der Waals surface area contributed by atoms with Crippen molar-refractivity contribution < 1.29 is 9.90 Å². The second kappa shape index (κ2) is 8.35. The van der Waals surface area contributed by atoms with E-state index in [1.165, 1.54) is 43.4 Å². The van der Waals surface area contributed by atoms with Gasteiger partial charge < -0.3 is 15.3 Å². The molecule has 1 aliphatic carbocycles. The Morgan fingerprint density at radius 1 is 1.22 bits per heavy atom. The molecule has 0 saturated heterocycles. The molecule has 0 aromatic carbocycles. The van der Waals surface area contributed by atoms with Crippen molar-refractivity contribution in [2.24, 2.45) is 5.92 Å². The number of nitrogens with one attached hydrogen (secondary N) is 1. The van der Waals surface area contributed by atoms with Gasteiger partial charge in [-0.1, -0.05) is 19.3 Å². The number of hydrogen-bond acceptors (Lipinski definition) is 2. The molecule has 0 aromatic heterocycles. The summed E-state index contributed by atoms with van der Waals surface area (Å²) >= 11 is 0. The van der Waals surface area contributed by atoms with Gasteiger partial charge in [-0.15, -0.1) is 0 Å². The van der Waals surface area contributed by atoms with E-state index in [2.05, 4.69) is 5.32 Å². The van der Waals surface area contributed by atoms with Gasteiger partial charge in [0.25, 0.3) is 0 Å². The first-order valence-electron chi connectivity index (χ1n) is 7.25. The van der Waals surface area contributed by atoms with E-state index < -0.39 is 6.09 Å². The molecule has 0 radical (unpaired) electrons. The molecule has 0 heterocycles. The van der Waals surface area contributed by atoms with Crippen LogP contribution in [0.25, 0.3) is 0 Å². The highest BCUT2D eigenvalue weighted by Crippen LogP contribution is 2.30. The summed E-state index contributed by atoms with van der Waals surface area (Å²) in [6.45, 7) is 1.12. The summed E-state index contributed by atoms with van der Waals surface area (Å²) in [5.74, 6) is 0.832. The number of amides is 1. The molecule has 4 nitrogen and oxygen atoms in total. The van der Waals surface area contributed by atoms with E-state index in [0.29, 0.717) is 0 Å². The number of rotatable bonds is 7. The van der Waals surface area contributed by atoms with Crippen LogP contribution in [0.4, 0.5) is 4.79 Å². The molecule has 0 aliphatic heterocycles. The smallest absolute Gasteiger partial charge is 0.407 e. The molecule has 1 amide bonds. The summed E-state index contributed by atoms with van der Waals surface area (Å²) in [5, 5.41) is 12.1. The van der Waals surface area contributed by atoms with Gasteiger partial charge >= 0.3 is 6.09 Å². The van der Waals surface area contributed by atoms with E-state index in [1.807, 2.05) is 7.05 Å². The number of carboxylic acid groups (broad SMARTS) is 1. The summed E-state index contributed by atoms with van der Waals surface area (Å²) < 4.78 is 0. The summed E-state index contributed by atoms with van der Waals surface area (Å²) in [7, 11) is 3.70. The van der Waals surface area contributed by atoms with Crippen LogP contribution in [-0.2, 0) is 0 Å². The van der Waals surface area contributed by atoms with Crippen LogP contribution in [0.2, 0.25) is 0 Å². The first-order valence-corrected chi connectivity index (χ1v) is 7.25. The highest BCUT2D eigenvalue weighted by atomic mass is 16.4. The molecule has 1 fully saturated rings. The fourth-order valence-electron chi connectivity index (χ4n) is 2.89. The lowest BCUT2D eigenvalue weighted by molar-refractivity contribution is 0.117. The van der Waals surface area contributed by atoms with E-state index >= 15 is 0 Å². The maximum atomic E-state index is 10.9. The van der Waals surface area contributed by atoms with Crippen molar-refractivity contribution in [2.75, 3.05) is 20.6 Å². The van der Waals surface area contributed by atoms with E-state index in [9.17, 15) is 4.79 Å². The molecule has 106 valence electrons. The van der Waals surface area contributed by atoms with Gasteiger partial charge in [-0.2, -0.15) is 0 Å². The molecule has 0 bridgehead atoms. The highest BCUT2D eigenvalue weighted by Gasteiger charge is 2.25. The van der Waals surface area contributed by atoms with Gasteiger partial charge in [-0.05, 0) is 51.6 Å². The number of nitrogens with zero attached hydrogens (tertiary/aromatic N) is 1. The minimum atomic E-state index is -0.787. The first kappa shape index (κ1) is 15.3. The van der Waals surface area contributed by atoms with Gasteiger partial charge in [0.05, 0.1) is 0 Å². The Kier molecular flexibility index (Phi) is 7.09. The normalized spacial score (nSPS) is 23.9. The lowest BCUT2D eigenvalue weighted by Gasteiger charge is -2.33. The summed E-state index contributed by atoms with van der Waals surface area (Å²) in [6.07, 6.45) is 8.95. The average molecular weight is 256 g/mol. The maximum Gasteiger partial charge on any atom is 0.407 e. The third-order valence-electron chi connectivity index (χ3n) is 4.20. The molecule has 4 heteroatoms. The molecule has 18 heavy (non-hydrogen) atoms. The van der Waals surface area contributed by atoms with Crippen molar-refractivity contribution >= 4 is 6.09 Å². The Morgan fingerprint density at radius 3 is 2.44 bits per heavy atom. The number of carbonyl (C=O) groups is 1. The Bertz CT molecular complexity index is 238. The van der Waals surface area contributed by atoms with Gasteiger partial charge in [-0.3, -0.25) is 0 Å². The van der Waals surface area contributed by atoms with Crippen LogP contribution in [0.1, 0.15) is 51.4 Å². The monoisotopic (exact) mass is 256 g/mol. The van der Waals surface area contributed by atoms with E-state index in [0.717, 1.165) is 25.3 Å². The third kappa shape index (κ3) is 5.25. The van der Waals surface area contributed by atoms with Crippen LogP contribution in [-0.4, -0.2) is 42.8 Å². The lowest BCUT2D eigenvalue weighted by Crippen LogP contribution is -2.38. The van der Waals surface area contributed by atoms with Crippen molar-refractivity contribution in [3.63, 3.8) is 0 Å². The standard InChI is InChI=1S/C14H28N2O2/c1-15-11-5-3-4-6-12-7-9-13(10-8-12)16(2)14(17)18/h12-13,15H,3-11H2,1-2H3,(H,17,18). The van der Waals surface area contributed by atoms with E-state index in [-0.39, 0.29) is 6.04 Å². The molecule has 1 aliphatic rings. The minimum absolute atomic E-state index is 0.253. The lowest BCUT2D eigenvalue weighted by atomic mass is 9.82. The van der Waals surface area contributed by atoms with Crippen LogP contribution in [0.15, 0.2) is 0 Å². The zero-order valence-electron chi connectivity index (χ0n) is 11.8. The second-order valence-electron chi connectivity index (χ2n) is 5.52. The van der Waals surface area contributed by atoms with Crippen LogP contribution < -0.4 is 5.32 Å². The van der Waals surface area contributed by atoms with Crippen molar-refractivity contribution in [2.45, 2.75) is 57.4 Å². The molecule has 0 atom stereocenters. The molecule has 1 rings (SSSR count).